The lowest BCUT2D eigenvalue weighted by Crippen LogP contribution is -2.02. The van der Waals surface area contributed by atoms with Gasteiger partial charge in [0.1, 0.15) is 5.76 Å². The first-order valence-electron chi connectivity index (χ1n) is 5.92. The van der Waals surface area contributed by atoms with Gasteiger partial charge in [-0.2, -0.15) is 0 Å². The van der Waals surface area contributed by atoms with Crippen molar-refractivity contribution >= 4 is 23.1 Å². The fourth-order valence-corrected chi connectivity index (χ4v) is 2.71. The standard InChI is InChI=1S/C14H14O4S/c1-3-11-10(6-7-18-11)14(16)12-5-4-9(19-12)8-13(15)17-2/h4-7H,3,8H2,1-2H3. The second-order valence-electron chi connectivity index (χ2n) is 3.96. The van der Waals surface area contributed by atoms with Crippen molar-refractivity contribution in [3.05, 3.63) is 45.5 Å². The molecule has 0 amide bonds. The Morgan fingerprint density at radius 3 is 2.79 bits per heavy atom. The minimum Gasteiger partial charge on any atom is -0.469 e. The van der Waals surface area contributed by atoms with Gasteiger partial charge in [0.05, 0.1) is 30.2 Å². The van der Waals surface area contributed by atoms with Gasteiger partial charge < -0.3 is 9.15 Å². The molecule has 0 radical (unpaired) electrons. The van der Waals surface area contributed by atoms with Crippen LogP contribution >= 0.6 is 11.3 Å². The molecule has 0 spiro atoms. The van der Waals surface area contributed by atoms with Gasteiger partial charge in [-0.1, -0.05) is 6.92 Å². The molecule has 0 bridgehead atoms. The summed E-state index contributed by atoms with van der Waals surface area (Å²) in [6, 6.07) is 5.19. The first kappa shape index (κ1) is 13.5. The molecular formula is C14H14O4S. The number of ketones is 1. The monoisotopic (exact) mass is 278 g/mol. The van der Waals surface area contributed by atoms with E-state index in [1.807, 2.05) is 6.92 Å². The van der Waals surface area contributed by atoms with Gasteiger partial charge in [0, 0.05) is 11.3 Å². The van der Waals surface area contributed by atoms with Crippen LogP contribution in [-0.4, -0.2) is 18.9 Å². The van der Waals surface area contributed by atoms with Crippen LogP contribution in [0, 0.1) is 0 Å². The van der Waals surface area contributed by atoms with E-state index in [1.54, 1.807) is 18.2 Å². The van der Waals surface area contributed by atoms with Gasteiger partial charge in [-0.3, -0.25) is 9.59 Å². The van der Waals surface area contributed by atoms with E-state index < -0.39 is 0 Å². The summed E-state index contributed by atoms with van der Waals surface area (Å²) >= 11 is 1.31. The quantitative estimate of drug-likeness (QED) is 0.623. The van der Waals surface area contributed by atoms with Gasteiger partial charge in [-0.15, -0.1) is 11.3 Å². The lowest BCUT2D eigenvalue weighted by molar-refractivity contribution is -0.139. The highest BCUT2D eigenvalue weighted by molar-refractivity contribution is 7.14. The molecule has 0 fully saturated rings. The fraction of sp³-hybridized carbons (Fsp3) is 0.286. The zero-order valence-corrected chi connectivity index (χ0v) is 11.6. The fourth-order valence-electron chi connectivity index (χ4n) is 1.76. The van der Waals surface area contributed by atoms with Crippen LogP contribution in [0.25, 0.3) is 0 Å². The Balaban J connectivity index is 2.19. The first-order valence-corrected chi connectivity index (χ1v) is 6.74. The average molecular weight is 278 g/mol. The maximum Gasteiger partial charge on any atom is 0.310 e. The van der Waals surface area contributed by atoms with E-state index in [0.29, 0.717) is 22.6 Å². The van der Waals surface area contributed by atoms with Gasteiger partial charge in [-0.25, -0.2) is 0 Å². The van der Waals surface area contributed by atoms with Crippen LogP contribution in [0.2, 0.25) is 0 Å². The van der Waals surface area contributed by atoms with Gasteiger partial charge in [0.25, 0.3) is 0 Å². The molecule has 100 valence electrons. The Labute approximate surface area is 115 Å². The van der Waals surface area contributed by atoms with Gasteiger partial charge in [-0.05, 0) is 18.2 Å². The molecule has 0 N–H and O–H groups in total. The molecule has 0 aromatic carbocycles. The summed E-state index contributed by atoms with van der Waals surface area (Å²) in [5, 5.41) is 0. The second kappa shape index (κ2) is 5.84. The number of esters is 1. The van der Waals surface area contributed by atoms with Crippen molar-refractivity contribution in [2.75, 3.05) is 7.11 Å². The normalized spacial score (nSPS) is 10.4. The number of ether oxygens (including phenoxy) is 1. The molecule has 0 aliphatic carbocycles. The average Bonchev–Trinajstić information content (AvgIpc) is 3.06. The van der Waals surface area contributed by atoms with Crippen molar-refractivity contribution in [1.29, 1.82) is 0 Å². The Bertz CT molecular complexity index is 594. The van der Waals surface area contributed by atoms with E-state index in [-0.39, 0.29) is 18.2 Å². The van der Waals surface area contributed by atoms with Gasteiger partial charge in [0.2, 0.25) is 5.78 Å². The number of furan rings is 1. The van der Waals surface area contributed by atoms with Crippen molar-refractivity contribution in [1.82, 2.24) is 0 Å². The highest BCUT2D eigenvalue weighted by Gasteiger charge is 2.18. The maximum atomic E-state index is 12.3. The van der Waals surface area contributed by atoms with E-state index in [1.165, 1.54) is 24.7 Å². The summed E-state index contributed by atoms with van der Waals surface area (Å²) in [5.74, 6) is 0.318. The second-order valence-corrected chi connectivity index (χ2v) is 5.13. The molecule has 2 rings (SSSR count). The van der Waals surface area contributed by atoms with Crippen molar-refractivity contribution in [2.45, 2.75) is 19.8 Å². The summed E-state index contributed by atoms with van der Waals surface area (Å²) < 4.78 is 9.86. The van der Waals surface area contributed by atoms with Gasteiger partial charge in [0.15, 0.2) is 0 Å². The summed E-state index contributed by atoms with van der Waals surface area (Å²) in [7, 11) is 1.35. The van der Waals surface area contributed by atoms with E-state index in [0.717, 1.165) is 4.88 Å². The van der Waals surface area contributed by atoms with E-state index in [9.17, 15) is 9.59 Å². The van der Waals surface area contributed by atoms with Crippen LogP contribution in [0.5, 0.6) is 0 Å². The van der Waals surface area contributed by atoms with Crippen LogP contribution in [0.1, 0.15) is 32.8 Å². The summed E-state index contributed by atoms with van der Waals surface area (Å²) in [5.41, 5.74) is 0.592. The molecule has 0 saturated heterocycles. The molecule has 2 aromatic rings. The molecule has 0 unspecified atom stereocenters. The lowest BCUT2D eigenvalue weighted by Gasteiger charge is -1.97. The number of carbonyl (C=O) groups is 2. The molecule has 19 heavy (non-hydrogen) atoms. The van der Waals surface area contributed by atoms with Crippen LogP contribution in [0.15, 0.2) is 28.9 Å². The zero-order chi connectivity index (χ0) is 13.8. The van der Waals surface area contributed by atoms with Crippen molar-refractivity contribution in [3.63, 3.8) is 0 Å². The molecule has 0 aliphatic heterocycles. The zero-order valence-electron chi connectivity index (χ0n) is 10.8. The molecule has 5 heteroatoms. The summed E-state index contributed by atoms with van der Waals surface area (Å²) in [6.45, 7) is 1.94. The van der Waals surface area contributed by atoms with E-state index in [2.05, 4.69) is 4.74 Å². The van der Waals surface area contributed by atoms with Crippen molar-refractivity contribution in [3.8, 4) is 0 Å². The Kier molecular flexibility index (Phi) is 4.16. The third kappa shape index (κ3) is 2.93. The Morgan fingerprint density at radius 1 is 1.32 bits per heavy atom. The SMILES string of the molecule is CCc1occc1C(=O)c1ccc(CC(=O)OC)s1. The van der Waals surface area contributed by atoms with Gasteiger partial charge >= 0.3 is 5.97 Å². The molecule has 0 aliphatic rings. The van der Waals surface area contributed by atoms with Crippen LogP contribution in [0.4, 0.5) is 0 Å². The van der Waals surface area contributed by atoms with E-state index >= 15 is 0 Å². The van der Waals surface area contributed by atoms with Crippen LogP contribution in [-0.2, 0) is 22.4 Å². The highest BCUT2D eigenvalue weighted by atomic mass is 32.1. The number of hydrogen-bond donors (Lipinski definition) is 0. The number of aryl methyl sites for hydroxylation is 1. The molecule has 2 aromatic heterocycles. The van der Waals surface area contributed by atoms with Crippen LogP contribution in [0.3, 0.4) is 0 Å². The van der Waals surface area contributed by atoms with Crippen molar-refractivity contribution < 1.29 is 18.7 Å². The molecular weight excluding hydrogens is 264 g/mol. The topological polar surface area (TPSA) is 56.5 Å². The number of methoxy groups -OCH3 is 1. The smallest absolute Gasteiger partial charge is 0.310 e. The third-order valence-electron chi connectivity index (χ3n) is 2.74. The predicted octanol–water partition coefficient (Wildman–Crippen LogP) is 2.85. The number of rotatable bonds is 5. The van der Waals surface area contributed by atoms with Crippen molar-refractivity contribution in [2.24, 2.45) is 0 Å². The maximum absolute atomic E-state index is 12.3. The summed E-state index contributed by atoms with van der Waals surface area (Å²) in [4.78, 5) is 24.9. The van der Waals surface area contributed by atoms with E-state index in [4.69, 9.17) is 4.42 Å². The number of hydrogen-bond acceptors (Lipinski definition) is 5. The Hall–Kier alpha value is -1.88. The minimum atomic E-state index is -0.307. The largest absolute Gasteiger partial charge is 0.469 e. The molecule has 0 saturated carbocycles. The van der Waals surface area contributed by atoms with Crippen LogP contribution < -0.4 is 0 Å². The number of carbonyl (C=O) groups excluding carboxylic acids is 2. The predicted molar refractivity (Wildman–Crippen MR) is 71.6 cm³/mol. The lowest BCUT2D eigenvalue weighted by atomic mass is 10.1. The third-order valence-corrected chi connectivity index (χ3v) is 3.83. The number of thiophene rings is 1. The molecule has 2 heterocycles. The first-order chi connectivity index (χ1) is 9.15. The minimum absolute atomic E-state index is 0.0632. The Morgan fingerprint density at radius 2 is 2.11 bits per heavy atom. The molecule has 0 atom stereocenters. The highest BCUT2D eigenvalue weighted by Crippen LogP contribution is 2.23. The molecule has 4 nitrogen and oxygen atoms in total. The summed E-state index contributed by atoms with van der Waals surface area (Å²) in [6.07, 6.45) is 2.39.